The Morgan fingerprint density at radius 3 is 1.65 bits per heavy atom. The Morgan fingerprint density at radius 2 is 0.947 bits per heavy atom. The number of thiazole rings is 1. The van der Waals surface area contributed by atoms with Crippen molar-refractivity contribution in [3.63, 3.8) is 0 Å². The van der Waals surface area contributed by atoms with E-state index in [9.17, 15) is 0 Å². The number of aromatic nitrogens is 1. The van der Waals surface area contributed by atoms with Crippen molar-refractivity contribution >= 4 is 80.9 Å². The van der Waals surface area contributed by atoms with Crippen LogP contribution in [0.5, 0.6) is 0 Å². The van der Waals surface area contributed by atoms with Gasteiger partial charge in [-0.1, -0.05) is 158 Å². The number of fused-ring (bicyclic) bond motifs is 5. The van der Waals surface area contributed by atoms with E-state index in [-0.39, 0.29) is 0 Å². The Labute approximate surface area is 339 Å². The molecule has 0 radical (unpaired) electrons. The number of thiophene rings is 1. The van der Waals surface area contributed by atoms with E-state index in [1.54, 1.807) is 11.3 Å². The van der Waals surface area contributed by atoms with Crippen LogP contribution < -0.4 is 4.90 Å². The molecule has 4 heteroatoms. The minimum atomic E-state index is 1.04. The molecule has 0 saturated heterocycles. The van der Waals surface area contributed by atoms with Crippen LogP contribution in [0.2, 0.25) is 0 Å². The van der Waals surface area contributed by atoms with Crippen molar-refractivity contribution in [3.05, 3.63) is 206 Å². The maximum Gasteiger partial charge on any atom is 0.124 e. The summed E-state index contributed by atoms with van der Waals surface area (Å²) < 4.78 is 3.77. The second-order valence-corrected chi connectivity index (χ2v) is 16.4. The SMILES string of the molecule is c1ccc(-c2ccc(N(c3ccc(-c4c5sc(-c6ccccc6)nc5cc5sc6ccccc6c45)cc3)c3cc(-c4ccccc4)c4ccccc4c3)cc2)cc1. The Kier molecular flexibility index (Phi) is 8.24. The molecule has 2 heterocycles. The number of benzene rings is 9. The molecule has 2 aromatic heterocycles. The molecule has 0 spiro atoms. The molecule has 0 aliphatic rings. The second kappa shape index (κ2) is 14.0. The predicted molar refractivity (Wildman–Crippen MR) is 246 cm³/mol. The van der Waals surface area contributed by atoms with Gasteiger partial charge in [0.05, 0.1) is 10.2 Å². The number of hydrogen-bond acceptors (Lipinski definition) is 4. The van der Waals surface area contributed by atoms with E-state index in [0.29, 0.717) is 0 Å². The van der Waals surface area contributed by atoms with E-state index in [2.05, 4.69) is 211 Å². The van der Waals surface area contributed by atoms with Crippen LogP contribution in [0.25, 0.3) is 85.1 Å². The summed E-state index contributed by atoms with van der Waals surface area (Å²) in [7, 11) is 0. The molecule has 2 nitrogen and oxygen atoms in total. The first-order valence-electron chi connectivity index (χ1n) is 19.2. The predicted octanol–water partition coefficient (Wildman–Crippen LogP) is 16.0. The Hall–Kier alpha value is -6.85. The van der Waals surface area contributed by atoms with Crippen LogP contribution in [0.1, 0.15) is 0 Å². The largest absolute Gasteiger partial charge is 0.310 e. The lowest BCUT2D eigenvalue weighted by atomic mass is 9.96. The monoisotopic (exact) mass is 762 g/mol. The van der Waals surface area contributed by atoms with Crippen LogP contribution >= 0.6 is 22.7 Å². The van der Waals surface area contributed by atoms with Crippen LogP contribution in [0.15, 0.2) is 206 Å². The topological polar surface area (TPSA) is 16.1 Å². The zero-order valence-corrected chi connectivity index (χ0v) is 32.5. The highest BCUT2D eigenvalue weighted by atomic mass is 32.1. The normalized spacial score (nSPS) is 11.5. The lowest BCUT2D eigenvalue weighted by Gasteiger charge is -2.27. The highest BCUT2D eigenvalue weighted by Gasteiger charge is 2.21. The number of anilines is 3. The molecule has 268 valence electrons. The summed E-state index contributed by atoms with van der Waals surface area (Å²) in [6.45, 7) is 0. The highest BCUT2D eigenvalue weighted by molar-refractivity contribution is 7.26. The van der Waals surface area contributed by atoms with Gasteiger partial charge < -0.3 is 4.90 Å². The van der Waals surface area contributed by atoms with Crippen LogP contribution in [0, 0.1) is 0 Å². The lowest BCUT2D eigenvalue weighted by molar-refractivity contribution is 1.29. The van der Waals surface area contributed by atoms with E-state index in [0.717, 1.165) is 33.1 Å². The maximum atomic E-state index is 5.22. The summed E-state index contributed by atoms with van der Waals surface area (Å²) in [5.41, 5.74) is 12.7. The average Bonchev–Trinajstić information content (AvgIpc) is 3.88. The van der Waals surface area contributed by atoms with Crippen LogP contribution in [0.4, 0.5) is 17.1 Å². The summed E-state index contributed by atoms with van der Waals surface area (Å²) in [5, 5.41) is 6.07. The number of hydrogen-bond donors (Lipinski definition) is 0. The smallest absolute Gasteiger partial charge is 0.124 e. The molecule has 0 saturated carbocycles. The standard InChI is InChI=1S/C53H34N2S2/c1-4-14-35(15-5-1)36-24-28-41(29-25-36)55(43-32-40-20-10-11-21-44(40)46(33-43)37-16-6-2-7-17-37)42-30-26-38(27-31-42)50-51-45-22-12-13-23-48(45)56-49(51)34-47-52(50)57-53(54-47)39-18-8-3-9-19-39/h1-34H. The van der Waals surface area contributed by atoms with E-state index in [1.165, 1.54) is 69.0 Å². The zero-order chi connectivity index (χ0) is 37.7. The fraction of sp³-hybridized carbons (Fsp3) is 0. The summed E-state index contributed by atoms with van der Waals surface area (Å²) in [5.74, 6) is 0. The second-order valence-electron chi connectivity index (χ2n) is 14.3. The van der Waals surface area contributed by atoms with E-state index in [1.807, 2.05) is 11.3 Å². The molecule has 0 aliphatic heterocycles. The van der Waals surface area contributed by atoms with Crippen LogP contribution in [-0.2, 0) is 0 Å². The number of nitrogens with zero attached hydrogens (tertiary/aromatic N) is 2. The van der Waals surface area contributed by atoms with Gasteiger partial charge in [0.1, 0.15) is 5.01 Å². The van der Waals surface area contributed by atoms with Gasteiger partial charge in [0.2, 0.25) is 0 Å². The van der Waals surface area contributed by atoms with Crippen molar-refractivity contribution in [2.24, 2.45) is 0 Å². The Bertz CT molecular complexity index is 3200. The van der Waals surface area contributed by atoms with Gasteiger partial charge in [0, 0.05) is 48.4 Å². The third kappa shape index (κ3) is 5.98. The Balaban J connectivity index is 1.10. The van der Waals surface area contributed by atoms with E-state index >= 15 is 0 Å². The van der Waals surface area contributed by atoms with Crippen molar-refractivity contribution in [2.75, 3.05) is 4.90 Å². The Morgan fingerprint density at radius 1 is 0.386 bits per heavy atom. The minimum absolute atomic E-state index is 1.04. The molecule has 57 heavy (non-hydrogen) atoms. The molecule has 0 amide bonds. The molecule has 9 aromatic carbocycles. The first-order valence-corrected chi connectivity index (χ1v) is 20.8. The average molecular weight is 763 g/mol. The summed E-state index contributed by atoms with van der Waals surface area (Å²) in [4.78, 5) is 7.62. The maximum absolute atomic E-state index is 5.22. The molecule has 0 unspecified atom stereocenters. The lowest BCUT2D eigenvalue weighted by Crippen LogP contribution is -2.10. The van der Waals surface area contributed by atoms with Gasteiger partial charge >= 0.3 is 0 Å². The van der Waals surface area contributed by atoms with Gasteiger partial charge in [0.15, 0.2) is 0 Å². The summed E-state index contributed by atoms with van der Waals surface area (Å²) in [6, 6.07) is 74.5. The molecule has 0 N–H and O–H groups in total. The molecule has 0 aliphatic carbocycles. The first kappa shape index (κ1) is 33.5. The van der Waals surface area contributed by atoms with Gasteiger partial charge in [-0.2, -0.15) is 0 Å². The fourth-order valence-electron chi connectivity index (χ4n) is 8.19. The number of rotatable bonds is 7. The van der Waals surface area contributed by atoms with Gasteiger partial charge in [0.25, 0.3) is 0 Å². The van der Waals surface area contributed by atoms with Gasteiger partial charge in [-0.05, 0) is 87.1 Å². The molecule has 0 atom stereocenters. The molecule has 11 rings (SSSR count). The minimum Gasteiger partial charge on any atom is -0.310 e. The van der Waals surface area contributed by atoms with Crippen LogP contribution in [0.3, 0.4) is 0 Å². The third-order valence-corrected chi connectivity index (χ3v) is 13.1. The third-order valence-electron chi connectivity index (χ3n) is 10.9. The molecule has 0 bridgehead atoms. The summed E-state index contributed by atoms with van der Waals surface area (Å²) in [6.07, 6.45) is 0. The quantitative estimate of drug-likeness (QED) is 0.161. The summed E-state index contributed by atoms with van der Waals surface area (Å²) >= 11 is 3.64. The zero-order valence-electron chi connectivity index (χ0n) is 30.8. The van der Waals surface area contributed by atoms with Gasteiger partial charge in [-0.15, -0.1) is 22.7 Å². The molecule has 11 aromatic rings. The first-order chi connectivity index (χ1) is 28.2. The van der Waals surface area contributed by atoms with Crippen molar-refractivity contribution in [2.45, 2.75) is 0 Å². The van der Waals surface area contributed by atoms with E-state index in [4.69, 9.17) is 4.98 Å². The van der Waals surface area contributed by atoms with Gasteiger partial charge in [-0.25, -0.2) is 4.98 Å². The van der Waals surface area contributed by atoms with E-state index < -0.39 is 0 Å². The van der Waals surface area contributed by atoms with Gasteiger partial charge in [-0.3, -0.25) is 0 Å². The fourth-order valence-corrected chi connectivity index (χ4v) is 10.5. The molecular weight excluding hydrogens is 729 g/mol. The molecular formula is C53H34N2S2. The van der Waals surface area contributed by atoms with Crippen molar-refractivity contribution in [1.29, 1.82) is 0 Å². The molecule has 0 fully saturated rings. The van der Waals surface area contributed by atoms with Crippen LogP contribution in [-0.4, -0.2) is 4.98 Å². The van der Waals surface area contributed by atoms with Crippen molar-refractivity contribution < 1.29 is 0 Å². The highest BCUT2D eigenvalue weighted by Crippen LogP contribution is 2.48. The van der Waals surface area contributed by atoms with Crippen molar-refractivity contribution in [1.82, 2.24) is 4.98 Å². The van der Waals surface area contributed by atoms with Crippen molar-refractivity contribution in [3.8, 4) is 44.0 Å².